The molecule has 0 spiro atoms. The lowest BCUT2D eigenvalue weighted by atomic mass is 9.52. The van der Waals surface area contributed by atoms with Gasteiger partial charge in [0.15, 0.2) is 0 Å². The van der Waals surface area contributed by atoms with Crippen molar-refractivity contribution in [2.24, 2.45) is 16.2 Å². The molecule has 0 unspecified atom stereocenters. The minimum absolute atomic E-state index is 0.0394. The highest BCUT2D eigenvalue weighted by Crippen LogP contribution is 2.56. The number of rotatable bonds is 2. The van der Waals surface area contributed by atoms with Gasteiger partial charge in [0.1, 0.15) is 5.60 Å². The van der Waals surface area contributed by atoms with E-state index in [9.17, 15) is 0 Å². The van der Waals surface area contributed by atoms with E-state index in [1.165, 1.54) is 0 Å². The largest absolute Gasteiger partial charge is 0.494 e. The third kappa shape index (κ3) is 2.28. The third-order valence-corrected chi connectivity index (χ3v) is 3.43. The van der Waals surface area contributed by atoms with Gasteiger partial charge in [0.25, 0.3) is 0 Å². The van der Waals surface area contributed by atoms with Crippen LogP contribution >= 0.6 is 0 Å². The maximum Gasteiger partial charge on any atom is 0.122 e. The van der Waals surface area contributed by atoms with Crippen LogP contribution in [0.1, 0.15) is 62.3 Å². The average Bonchev–Trinajstić information content (AvgIpc) is 1.91. The molecular weight excluding hydrogens is 196 g/mol. The van der Waals surface area contributed by atoms with E-state index in [0.717, 1.165) is 0 Å². The Bertz CT molecular complexity index is 206. The second-order valence-corrected chi connectivity index (χ2v) is 7.72. The summed E-state index contributed by atoms with van der Waals surface area (Å²) < 4.78 is 6.09. The van der Waals surface area contributed by atoms with Crippen molar-refractivity contribution in [2.45, 2.75) is 67.9 Å². The van der Waals surface area contributed by atoms with Gasteiger partial charge in [-0.15, -0.1) is 0 Å². The predicted molar refractivity (Wildman–Crippen MR) is 72.4 cm³/mol. The van der Waals surface area contributed by atoms with Crippen molar-refractivity contribution in [1.29, 1.82) is 0 Å². The lowest BCUT2D eigenvalue weighted by Crippen LogP contribution is -2.62. The van der Waals surface area contributed by atoms with Gasteiger partial charge in [-0.2, -0.15) is 0 Å². The molecule has 0 aliphatic rings. The molecule has 0 N–H and O–H groups in total. The van der Waals surface area contributed by atoms with Crippen molar-refractivity contribution in [1.82, 2.24) is 0 Å². The van der Waals surface area contributed by atoms with Crippen LogP contribution in [0.25, 0.3) is 0 Å². The normalized spacial score (nSPS) is 14.8. The zero-order valence-corrected chi connectivity index (χ0v) is 12.7. The van der Waals surface area contributed by atoms with Crippen molar-refractivity contribution < 1.29 is 4.74 Å². The molecule has 0 fully saturated rings. The van der Waals surface area contributed by atoms with Gasteiger partial charge < -0.3 is 4.74 Å². The zero-order chi connectivity index (χ0) is 13.4. The van der Waals surface area contributed by atoms with E-state index in [4.69, 9.17) is 4.74 Å². The van der Waals surface area contributed by atoms with Gasteiger partial charge in [-0.25, -0.2) is 0 Å². The molecule has 0 amide bonds. The number of hydrogen-bond donors (Lipinski definition) is 0. The molecule has 16 heavy (non-hydrogen) atoms. The molecule has 0 aliphatic heterocycles. The van der Waals surface area contributed by atoms with Crippen LogP contribution in [-0.2, 0) is 4.74 Å². The van der Waals surface area contributed by atoms with Crippen molar-refractivity contribution >= 4 is 0 Å². The Balaban J connectivity index is 5.92. The van der Waals surface area contributed by atoms with E-state index in [-0.39, 0.29) is 21.8 Å². The molecule has 0 aromatic rings. The van der Waals surface area contributed by atoms with Crippen LogP contribution in [0, 0.1) is 16.2 Å². The van der Waals surface area contributed by atoms with Crippen molar-refractivity contribution in [3.8, 4) is 0 Å². The van der Waals surface area contributed by atoms with E-state index in [0.29, 0.717) is 0 Å². The fourth-order valence-electron chi connectivity index (χ4n) is 4.03. The predicted octanol–water partition coefficient (Wildman–Crippen LogP) is 5.02. The van der Waals surface area contributed by atoms with E-state index in [1.54, 1.807) is 6.26 Å². The Kier molecular flexibility index (Phi) is 3.97. The Morgan fingerprint density at radius 1 is 0.688 bits per heavy atom. The summed E-state index contributed by atoms with van der Waals surface area (Å²) in [7, 11) is 0. The van der Waals surface area contributed by atoms with Gasteiger partial charge in [0.05, 0.1) is 6.26 Å². The lowest BCUT2D eigenvalue weighted by molar-refractivity contribution is -0.207. The summed E-state index contributed by atoms with van der Waals surface area (Å²) in [5, 5.41) is 0. The van der Waals surface area contributed by atoms with Crippen LogP contribution in [0.3, 0.4) is 0 Å². The van der Waals surface area contributed by atoms with Crippen LogP contribution in [0.15, 0.2) is 12.8 Å². The molecule has 0 aromatic carbocycles. The molecule has 1 heteroatoms. The van der Waals surface area contributed by atoms with Crippen LogP contribution in [0.4, 0.5) is 0 Å². The fourth-order valence-corrected chi connectivity index (χ4v) is 4.03. The maximum absolute atomic E-state index is 6.09. The van der Waals surface area contributed by atoms with Crippen LogP contribution in [-0.4, -0.2) is 5.60 Å². The van der Waals surface area contributed by atoms with Gasteiger partial charge in [-0.3, -0.25) is 0 Å². The van der Waals surface area contributed by atoms with Gasteiger partial charge >= 0.3 is 0 Å². The van der Waals surface area contributed by atoms with E-state index in [2.05, 4.69) is 68.9 Å². The second-order valence-electron chi connectivity index (χ2n) is 7.72. The molecule has 0 aliphatic carbocycles. The summed E-state index contributed by atoms with van der Waals surface area (Å²) >= 11 is 0. The second kappa shape index (κ2) is 4.09. The molecule has 0 atom stereocenters. The number of hydrogen-bond acceptors (Lipinski definition) is 1. The topological polar surface area (TPSA) is 9.23 Å². The Morgan fingerprint density at radius 3 is 1.00 bits per heavy atom. The molecule has 0 rings (SSSR count). The third-order valence-electron chi connectivity index (χ3n) is 3.43. The highest BCUT2D eigenvalue weighted by Gasteiger charge is 2.59. The maximum atomic E-state index is 6.09. The van der Waals surface area contributed by atoms with Crippen LogP contribution < -0.4 is 0 Å². The molecule has 96 valence electrons. The minimum Gasteiger partial charge on any atom is -0.494 e. The highest BCUT2D eigenvalue weighted by atomic mass is 16.5. The van der Waals surface area contributed by atoms with Gasteiger partial charge in [-0.1, -0.05) is 68.9 Å². The Morgan fingerprint density at radius 2 is 0.938 bits per heavy atom. The summed E-state index contributed by atoms with van der Waals surface area (Å²) in [6.07, 6.45) is 1.60. The summed E-state index contributed by atoms with van der Waals surface area (Å²) in [4.78, 5) is 0. The summed E-state index contributed by atoms with van der Waals surface area (Å²) in [5.74, 6) is 0. The first kappa shape index (κ1) is 15.5. The quantitative estimate of drug-likeness (QED) is 0.600. The first-order valence-electron chi connectivity index (χ1n) is 6.10. The molecule has 0 saturated heterocycles. The van der Waals surface area contributed by atoms with Crippen molar-refractivity contribution in [3.63, 3.8) is 0 Å². The van der Waals surface area contributed by atoms with Crippen LogP contribution in [0.5, 0.6) is 0 Å². The average molecular weight is 226 g/mol. The zero-order valence-electron chi connectivity index (χ0n) is 12.7. The van der Waals surface area contributed by atoms with E-state index >= 15 is 0 Å². The number of ether oxygens (including phenoxy) is 1. The first-order chi connectivity index (χ1) is 6.81. The smallest absolute Gasteiger partial charge is 0.122 e. The monoisotopic (exact) mass is 226 g/mol. The SMILES string of the molecule is C=COC(C(C)(C)C)(C(C)(C)C)C(C)(C)C. The minimum atomic E-state index is -0.255. The molecule has 0 radical (unpaired) electrons. The molecule has 0 heterocycles. The lowest BCUT2D eigenvalue weighted by Gasteiger charge is -2.59. The molecule has 0 saturated carbocycles. The van der Waals surface area contributed by atoms with Gasteiger partial charge in [0.2, 0.25) is 0 Å². The molecule has 0 bridgehead atoms. The van der Waals surface area contributed by atoms with Crippen molar-refractivity contribution in [2.75, 3.05) is 0 Å². The molecule has 0 aromatic heterocycles. The standard InChI is InChI=1S/C15H30O/c1-11-16-15(12(2,3)4,13(5,6)7)14(8,9)10/h11H,1H2,2-10H3. The summed E-state index contributed by atoms with van der Waals surface area (Å²) in [6, 6.07) is 0. The van der Waals surface area contributed by atoms with Crippen molar-refractivity contribution in [3.05, 3.63) is 12.8 Å². The van der Waals surface area contributed by atoms with Gasteiger partial charge in [-0.05, 0) is 0 Å². The van der Waals surface area contributed by atoms with E-state index < -0.39 is 0 Å². The summed E-state index contributed by atoms with van der Waals surface area (Å²) in [5.41, 5.74) is -0.137. The molecular formula is C15H30O. The highest BCUT2D eigenvalue weighted by molar-refractivity contribution is 5.08. The first-order valence-corrected chi connectivity index (χ1v) is 6.10. The Labute approximate surface area is 102 Å². The fraction of sp³-hybridized carbons (Fsp3) is 0.867. The van der Waals surface area contributed by atoms with Gasteiger partial charge in [0, 0.05) is 16.2 Å². The van der Waals surface area contributed by atoms with Crippen LogP contribution in [0.2, 0.25) is 0 Å². The summed E-state index contributed by atoms with van der Waals surface area (Å²) in [6.45, 7) is 24.0. The molecule has 1 nitrogen and oxygen atoms in total. The van der Waals surface area contributed by atoms with E-state index in [1.807, 2.05) is 0 Å². The Hall–Kier alpha value is -0.460.